The second-order valence-corrected chi connectivity index (χ2v) is 8.69. The van der Waals surface area contributed by atoms with Crippen molar-refractivity contribution in [1.82, 2.24) is 5.01 Å². The van der Waals surface area contributed by atoms with Gasteiger partial charge in [0.05, 0.1) is 19.4 Å². The summed E-state index contributed by atoms with van der Waals surface area (Å²) in [5.41, 5.74) is -0.791. The Morgan fingerprint density at radius 1 is 1.06 bits per heavy atom. The molecule has 35 heavy (non-hydrogen) atoms. The molecule has 178 valence electrons. The summed E-state index contributed by atoms with van der Waals surface area (Å²) in [6, 6.07) is 17.9. The fraction of sp³-hybridized carbons (Fsp3) is 0.370. The largest absolute Gasteiger partial charge is 0.465 e. The zero-order valence-electron chi connectivity index (χ0n) is 19.9. The fourth-order valence-corrected chi connectivity index (χ4v) is 5.23. The van der Waals surface area contributed by atoms with Gasteiger partial charge in [0, 0.05) is 5.92 Å². The number of esters is 2. The van der Waals surface area contributed by atoms with Crippen LogP contribution >= 0.6 is 0 Å². The lowest BCUT2D eigenvalue weighted by Gasteiger charge is -2.54. The lowest BCUT2D eigenvalue weighted by molar-refractivity contribution is -0.187. The third kappa shape index (κ3) is 3.54. The highest BCUT2D eigenvalue weighted by Gasteiger charge is 2.69. The Hall–Kier alpha value is -4.17. The van der Waals surface area contributed by atoms with E-state index in [1.165, 1.54) is 5.01 Å². The van der Waals surface area contributed by atoms with Gasteiger partial charge in [-0.2, -0.15) is 15.6 Å². The van der Waals surface area contributed by atoms with Gasteiger partial charge in [0.2, 0.25) is 5.54 Å². The third-order valence-corrected chi connectivity index (χ3v) is 6.78. The van der Waals surface area contributed by atoms with Crippen LogP contribution in [0.25, 0.3) is 0 Å². The number of rotatable bonds is 5. The van der Waals surface area contributed by atoms with Crippen LogP contribution < -0.4 is 0 Å². The second kappa shape index (κ2) is 9.23. The number of fused-ring (bicyclic) bond motifs is 3. The Bertz CT molecular complexity index is 1240. The molecule has 0 bridgehead atoms. The maximum atomic E-state index is 13.8. The molecule has 0 N–H and O–H groups in total. The first-order valence-corrected chi connectivity index (χ1v) is 11.5. The van der Waals surface area contributed by atoms with E-state index in [0.717, 1.165) is 5.56 Å². The quantitative estimate of drug-likeness (QED) is 0.482. The molecule has 0 amide bonds. The van der Waals surface area contributed by atoms with Gasteiger partial charge in [-0.15, -0.1) is 0 Å². The number of hydrazone groups is 1. The van der Waals surface area contributed by atoms with Gasteiger partial charge < -0.3 is 9.47 Å². The first-order chi connectivity index (χ1) is 16.9. The molecule has 0 aromatic heterocycles. The molecule has 2 aliphatic rings. The van der Waals surface area contributed by atoms with Gasteiger partial charge in [-0.1, -0.05) is 54.1 Å². The van der Waals surface area contributed by atoms with Gasteiger partial charge in [0.1, 0.15) is 18.2 Å². The molecular weight excluding hydrogens is 444 g/mol. The van der Waals surface area contributed by atoms with Crippen LogP contribution in [0.1, 0.15) is 54.5 Å². The van der Waals surface area contributed by atoms with Gasteiger partial charge in [0.15, 0.2) is 5.41 Å². The van der Waals surface area contributed by atoms with Crippen LogP contribution in [-0.2, 0) is 19.1 Å². The highest BCUT2D eigenvalue weighted by Crippen LogP contribution is 2.59. The predicted octanol–water partition coefficient (Wildman–Crippen LogP) is 3.77. The summed E-state index contributed by atoms with van der Waals surface area (Å²) in [6.07, 6.45) is 1.40. The zero-order valence-corrected chi connectivity index (χ0v) is 19.9. The highest BCUT2D eigenvalue weighted by molar-refractivity contribution is 6.02. The fourth-order valence-electron chi connectivity index (χ4n) is 5.23. The molecule has 1 saturated heterocycles. The van der Waals surface area contributed by atoms with E-state index in [4.69, 9.17) is 9.47 Å². The van der Waals surface area contributed by atoms with E-state index in [9.17, 15) is 20.1 Å². The summed E-state index contributed by atoms with van der Waals surface area (Å²) in [5.74, 6) is -2.38. The van der Waals surface area contributed by atoms with Crippen molar-refractivity contribution in [2.75, 3.05) is 13.2 Å². The number of nitrogens with zero attached hydrogens (tertiary/aromatic N) is 4. The standard InChI is InChI=1S/C27H26N4O4/c1-4-34-24(32)27(25(33)35-5-2)14-22(19-11-8-9-18(3)13-19)26(16-28,17-29)31-23(27)21-12-7-6-10-20(21)15-30-31/h6-13,15,22-23H,4-5,14H2,1-3H3/t22-,23+/m1/s1. The summed E-state index contributed by atoms with van der Waals surface area (Å²) in [4.78, 5) is 27.5. The first-order valence-electron chi connectivity index (χ1n) is 11.5. The monoisotopic (exact) mass is 470 g/mol. The number of hydrogen-bond acceptors (Lipinski definition) is 8. The molecule has 0 saturated carbocycles. The Morgan fingerprint density at radius 3 is 2.31 bits per heavy atom. The Kier molecular flexibility index (Phi) is 6.32. The number of aryl methyl sites for hydroxylation is 1. The third-order valence-electron chi connectivity index (χ3n) is 6.78. The normalized spacial score (nSPS) is 21.0. The van der Waals surface area contributed by atoms with E-state index < -0.39 is 34.9 Å². The minimum Gasteiger partial charge on any atom is -0.465 e. The van der Waals surface area contributed by atoms with Crippen molar-refractivity contribution in [2.24, 2.45) is 10.5 Å². The summed E-state index contributed by atoms with van der Waals surface area (Å²) in [7, 11) is 0. The second-order valence-electron chi connectivity index (χ2n) is 8.69. The van der Waals surface area contributed by atoms with Crippen LogP contribution in [0.4, 0.5) is 0 Å². The maximum Gasteiger partial charge on any atom is 0.326 e. The topological polar surface area (TPSA) is 116 Å². The first kappa shape index (κ1) is 24.0. The van der Waals surface area contributed by atoms with E-state index >= 15 is 0 Å². The number of nitriles is 2. The minimum absolute atomic E-state index is 0.0500. The van der Waals surface area contributed by atoms with Gasteiger partial charge in [-0.3, -0.25) is 14.6 Å². The Balaban J connectivity index is 2.07. The highest BCUT2D eigenvalue weighted by atomic mass is 16.6. The summed E-state index contributed by atoms with van der Waals surface area (Å²) < 4.78 is 11.0. The van der Waals surface area contributed by atoms with Crippen molar-refractivity contribution in [3.05, 3.63) is 70.8 Å². The number of benzene rings is 2. The molecule has 0 radical (unpaired) electrons. The van der Waals surface area contributed by atoms with Gasteiger partial charge in [-0.25, -0.2) is 0 Å². The molecule has 2 aromatic rings. The molecule has 0 aliphatic carbocycles. The number of hydrogen-bond donors (Lipinski definition) is 0. The molecule has 1 fully saturated rings. The van der Waals surface area contributed by atoms with Gasteiger partial charge in [-0.05, 0) is 43.9 Å². The molecule has 0 spiro atoms. The van der Waals surface area contributed by atoms with Crippen LogP contribution in [0, 0.1) is 35.0 Å². The average molecular weight is 471 g/mol. The van der Waals surface area contributed by atoms with Crippen molar-refractivity contribution in [2.45, 2.75) is 44.7 Å². The molecule has 2 heterocycles. The summed E-state index contributed by atoms with van der Waals surface area (Å²) >= 11 is 0. The smallest absolute Gasteiger partial charge is 0.326 e. The van der Waals surface area contributed by atoms with Crippen LogP contribution in [0.15, 0.2) is 53.6 Å². The molecule has 2 aromatic carbocycles. The molecule has 4 rings (SSSR count). The molecule has 0 unspecified atom stereocenters. The van der Waals surface area contributed by atoms with E-state index in [1.807, 2.05) is 37.3 Å². The summed E-state index contributed by atoms with van der Waals surface area (Å²) in [5, 5.41) is 26.8. The van der Waals surface area contributed by atoms with E-state index in [2.05, 4.69) is 17.2 Å². The van der Waals surface area contributed by atoms with Crippen molar-refractivity contribution in [3.8, 4) is 12.1 Å². The number of carbonyl (C=O) groups is 2. The van der Waals surface area contributed by atoms with Gasteiger partial charge >= 0.3 is 11.9 Å². The predicted molar refractivity (Wildman–Crippen MR) is 127 cm³/mol. The van der Waals surface area contributed by atoms with Crippen molar-refractivity contribution >= 4 is 18.2 Å². The average Bonchev–Trinajstić information content (AvgIpc) is 2.87. The van der Waals surface area contributed by atoms with Crippen molar-refractivity contribution in [1.29, 1.82) is 10.5 Å². The van der Waals surface area contributed by atoms with Crippen LogP contribution in [-0.4, -0.2) is 41.9 Å². The molecule has 8 heteroatoms. The number of carbonyl (C=O) groups excluding carboxylic acids is 2. The zero-order chi connectivity index (χ0) is 25.2. The van der Waals surface area contributed by atoms with Crippen LogP contribution in [0.5, 0.6) is 0 Å². The van der Waals surface area contributed by atoms with Crippen molar-refractivity contribution in [3.63, 3.8) is 0 Å². The number of ether oxygens (including phenoxy) is 2. The Labute approximate surface area is 204 Å². The van der Waals surface area contributed by atoms with E-state index in [0.29, 0.717) is 16.7 Å². The van der Waals surface area contributed by atoms with Crippen LogP contribution in [0.3, 0.4) is 0 Å². The maximum absolute atomic E-state index is 13.8. The Morgan fingerprint density at radius 2 is 1.71 bits per heavy atom. The summed E-state index contributed by atoms with van der Waals surface area (Å²) in [6.45, 7) is 5.33. The lowest BCUT2D eigenvalue weighted by Crippen LogP contribution is -2.65. The van der Waals surface area contributed by atoms with Gasteiger partial charge in [0.25, 0.3) is 0 Å². The lowest BCUT2D eigenvalue weighted by atomic mass is 9.59. The SMILES string of the molecule is CCOC(=O)C1(C(=O)OCC)C[C@H](c2cccc(C)c2)C(C#N)(C#N)N2N=Cc3ccccc3[C@H]21. The minimum atomic E-state index is -1.86. The molecular formula is C27H26N4O4. The molecule has 8 nitrogen and oxygen atoms in total. The van der Waals surface area contributed by atoms with Crippen LogP contribution in [0.2, 0.25) is 0 Å². The van der Waals surface area contributed by atoms with E-state index in [-0.39, 0.29) is 19.6 Å². The van der Waals surface area contributed by atoms with E-state index in [1.54, 1.807) is 38.3 Å². The van der Waals surface area contributed by atoms with Crippen molar-refractivity contribution < 1.29 is 19.1 Å². The molecule has 2 atom stereocenters. The molecule has 2 aliphatic heterocycles. The number of piperidine rings is 1.